The summed E-state index contributed by atoms with van der Waals surface area (Å²) in [7, 11) is 0. The fourth-order valence-corrected chi connectivity index (χ4v) is 2.43. The molecule has 0 aliphatic rings. The van der Waals surface area contributed by atoms with Gasteiger partial charge in [-0.1, -0.05) is 0 Å². The van der Waals surface area contributed by atoms with Crippen LogP contribution in [-0.4, -0.2) is 25.6 Å². The van der Waals surface area contributed by atoms with E-state index >= 15 is 0 Å². The molecule has 2 heterocycles. The van der Waals surface area contributed by atoms with E-state index in [1.54, 1.807) is 12.1 Å². The summed E-state index contributed by atoms with van der Waals surface area (Å²) in [5.41, 5.74) is -0.406. The van der Waals surface area contributed by atoms with Gasteiger partial charge in [0, 0.05) is 30.1 Å². The lowest BCUT2D eigenvalue weighted by Crippen LogP contribution is -2.36. The molecule has 1 aromatic carbocycles. The number of aliphatic carboxylic acids is 1. The molecule has 118 valence electrons. The molecule has 0 aliphatic carbocycles. The molecular formula is C16H13F2N3O2. The molecule has 7 heteroatoms. The van der Waals surface area contributed by atoms with Gasteiger partial charge in [-0.15, -0.1) is 0 Å². The van der Waals surface area contributed by atoms with Crippen molar-refractivity contribution in [3.05, 3.63) is 48.3 Å². The molecule has 0 atom stereocenters. The minimum atomic E-state index is -1.41. The first-order valence-electron chi connectivity index (χ1n) is 6.84. The minimum absolute atomic E-state index is 0.185. The van der Waals surface area contributed by atoms with Crippen molar-refractivity contribution < 1.29 is 18.7 Å². The first-order chi connectivity index (χ1) is 10.8. The highest BCUT2D eigenvalue weighted by Gasteiger charge is 2.34. The summed E-state index contributed by atoms with van der Waals surface area (Å²) in [6, 6.07) is 5.24. The normalized spacial score (nSPS) is 11.8. The van der Waals surface area contributed by atoms with Gasteiger partial charge in [0.15, 0.2) is 11.6 Å². The second-order valence-electron chi connectivity index (χ2n) is 5.63. The average Bonchev–Trinajstić information content (AvgIpc) is 2.87. The van der Waals surface area contributed by atoms with Crippen molar-refractivity contribution in [1.82, 2.24) is 14.5 Å². The highest BCUT2D eigenvalue weighted by atomic mass is 19.2. The third-order valence-electron chi connectivity index (χ3n) is 3.72. The topological polar surface area (TPSA) is 68.0 Å². The quantitative estimate of drug-likeness (QED) is 0.805. The molecule has 0 radical (unpaired) electrons. The van der Waals surface area contributed by atoms with E-state index in [1.807, 2.05) is 0 Å². The molecule has 0 saturated carbocycles. The maximum absolute atomic E-state index is 13.7. The number of hydrogen-bond acceptors (Lipinski definition) is 3. The third kappa shape index (κ3) is 2.34. The molecular weight excluding hydrogens is 304 g/mol. The summed E-state index contributed by atoms with van der Waals surface area (Å²) in [6.45, 7) is 2.95. The van der Waals surface area contributed by atoms with Gasteiger partial charge in [0.25, 0.3) is 0 Å². The standard InChI is InChI=1S/C16H13F2N3O2/c1-16(2,15(22)23)21-13-8-11(18)10(17)7-12(13)20-14(21)9-3-5-19-6-4-9/h3-8H,1-2H3,(H,22,23). The van der Waals surface area contributed by atoms with Crippen LogP contribution in [0.3, 0.4) is 0 Å². The van der Waals surface area contributed by atoms with Gasteiger partial charge in [0.05, 0.1) is 11.0 Å². The number of fused-ring (bicyclic) bond motifs is 1. The van der Waals surface area contributed by atoms with Gasteiger partial charge in [-0.2, -0.15) is 0 Å². The Bertz CT molecular complexity index is 905. The number of carbonyl (C=O) groups is 1. The van der Waals surface area contributed by atoms with Crippen LogP contribution in [0.2, 0.25) is 0 Å². The molecule has 1 N–H and O–H groups in total. The average molecular weight is 317 g/mol. The Labute approximate surface area is 130 Å². The Morgan fingerprint density at radius 2 is 1.78 bits per heavy atom. The molecule has 3 aromatic rings. The van der Waals surface area contributed by atoms with E-state index < -0.39 is 23.1 Å². The number of hydrogen-bond donors (Lipinski definition) is 1. The summed E-state index contributed by atoms with van der Waals surface area (Å²) in [5.74, 6) is -2.89. The van der Waals surface area contributed by atoms with Gasteiger partial charge in [0.2, 0.25) is 0 Å². The van der Waals surface area contributed by atoms with Crippen LogP contribution in [0.5, 0.6) is 0 Å². The van der Waals surface area contributed by atoms with Gasteiger partial charge >= 0.3 is 5.97 Å². The fraction of sp³-hybridized carbons (Fsp3) is 0.188. The Balaban J connectivity index is 2.42. The van der Waals surface area contributed by atoms with E-state index in [9.17, 15) is 18.7 Å². The summed E-state index contributed by atoms with van der Waals surface area (Å²) in [4.78, 5) is 19.9. The van der Waals surface area contributed by atoms with E-state index in [2.05, 4.69) is 9.97 Å². The van der Waals surface area contributed by atoms with Crippen molar-refractivity contribution >= 4 is 17.0 Å². The maximum atomic E-state index is 13.7. The number of imidazole rings is 1. The Kier molecular flexibility index (Phi) is 3.35. The zero-order valence-electron chi connectivity index (χ0n) is 12.4. The number of carboxylic acid groups (broad SMARTS) is 1. The minimum Gasteiger partial charge on any atom is -0.480 e. The van der Waals surface area contributed by atoms with E-state index in [0.29, 0.717) is 11.4 Å². The zero-order valence-corrected chi connectivity index (χ0v) is 12.4. The van der Waals surface area contributed by atoms with Crippen molar-refractivity contribution in [3.8, 4) is 11.4 Å². The molecule has 0 amide bonds. The van der Waals surface area contributed by atoms with Gasteiger partial charge in [0.1, 0.15) is 11.4 Å². The van der Waals surface area contributed by atoms with Crippen molar-refractivity contribution in [3.63, 3.8) is 0 Å². The van der Waals surface area contributed by atoms with Gasteiger partial charge in [-0.25, -0.2) is 18.6 Å². The van der Waals surface area contributed by atoms with Crippen LogP contribution in [0.4, 0.5) is 8.78 Å². The van der Waals surface area contributed by atoms with Crippen molar-refractivity contribution in [2.24, 2.45) is 0 Å². The smallest absolute Gasteiger partial charge is 0.329 e. The van der Waals surface area contributed by atoms with Crippen LogP contribution in [0.15, 0.2) is 36.7 Å². The van der Waals surface area contributed by atoms with Gasteiger partial charge in [-0.3, -0.25) is 4.98 Å². The molecule has 3 rings (SSSR count). The van der Waals surface area contributed by atoms with Crippen LogP contribution in [0.25, 0.3) is 22.4 Å². The first-order valence-corrected chi connectivity index (χ1v) is 6.84. The largest absolute Gasteiger partial charge is 0.480 e. The van der Waals surface area contributed by atoms with Gasteiger partial charge in [-0.05, 0) is 26.0 Å². The first kappa shape index (κ1) is 15.1. The predicted octanol–water partition coefficient (Wildman–Crippen LogP) is 3.20. The Morgan fingerprint density at radius 3 is 2.39 bits per heavy atom. The van der Waals surface area contributed by atoms with Crippen LogP contribution < -0.4 is 0 Å². The Hall–Kier alpha value is -2.83. The van der Waals surface area contributed by atoms with Crippen molar-refractivity contribution in [2.75, 3.05) is 0 Å². The second kappa shape index (κ2) is 5.12. The lowest BCUT2D eigenvalue weighted by atomic mass is 10.0. The van der Waals surface area contributed by atoms with Crippen LogP contribution >= 0.6 is 0 Å². The molecule has 0 fully saturated rings. The summed E-state index contributed by atoms with van der Waals surface area (Å²) >= 11 is 0. The molecule has 0 unspecified atom stereocenters. The van der Waals surface area contributed by atoms with E-state index in [0.717, 1.165) is 12.1 Å². The second-order valence-corrected chi connectivity index (χ2v) is 5.63. The molecule has 0 saturated heterocycles. The number of benzene rings is 1. The van der Waals surface area contributed by atoms with Crippen molar-refractivity contribution in [1.29, 1.82) is 0 Å². The number of nitrogens with zero attached hydrogens (tertiary/aromatic N) is 3. The van der Waals surface area contributed by atoms with Crippen molar-refractivity contribution in [2.45, 2.75) is 19.4 Å². The summed E-state index contributed by atoms with van der Waals surface area (Å²) < 4.78 is 28.5. The van der Waals surface area contributed by atoms with Crippen LogP contribution in [-0.2, 0) is 10.3 Å². The molecule has 0 spiro atoms. The lowest BCUT2D eigenvalue weighted by molar-refractivity contribution is -0.145. The molecule has 23 heavy (non-hydrogen) atoms. The summed E-state index contributed by atoms with van der Waals surface area (Å²) in [5, 5.41) is 9.54. The molecule has 2 aromatic heterocycles. The van der Waals surface area contributed by atoms with Crippen LogP contribution in [0.1, 0.15) is 13.8 Å². The number of rotatable bonds is 3. The number of carboxylic acids is 1. The van der Waals surface area contributed by atoms with Crippen LogP contribution in [0, 0.1) is 11.6 Å². The van der Waals surface area contributed by atoms with E-state index in [4.69, 9.17) is 0 Å². The maximum Gasteiger partial charge on any atom is 0.329 e. The lowest BCUT2D eigenvalue weighted by Gasteiger charge is -2.24. The third-order valence-corrected chi connectivity index (χ3v) is 3.72. The number of halogens is 2. The van der Waals surface area contributed by atoms with Gasteiger partial charge < -0.3 is 9.67 Å². The monoisotopic (exact) mass is 317 g/mol. The molecule has 0 bridgehead atoms. The highest BCUT2D eigenvalue weighted by Crippen LogP contribution is 2.32. The predicted molar refractivity (Wildman–Crippen MR) is 79.8 cm³/mol. The molecule has 5 nitrogen and oxygen atoms in total. The van der Waals surface area contributed by atoms with E-state index in [-0.39, 0.29) is 11.0 Å². The summed E-state index contributed by atoms with van der Waals surface area (Å²) in [6.07, 6.45) is 3.07. The zero-order chi connectivity index (χ0) is 16.8. The Morgan fingerprint density at radius 1 is 1.17 bits per heavy atom. The van der Waals surface area contributed by atoms with E-state index in [1.165, 1.54) is 30.8 Å². The molecule has 0 aliphatic heterocycles. The number of aromatic nitrogens is 3. The highest BCUT2D eigenvalue weighted by molar-refractivity contribution is 5.86. The number of pyridine rings is 1. The fourth-order valence-electron chi connectivity index (χ4n) is 2.43. The SMILES string of the molecule is CC(C)(C(=O)O)n1c(-c2ccncc2)nc2cc(F)c(F)cc21.